The molecule has 0 fully saturated rings. The van der Waals surface area contributed by atoms with Crippen LogP contribution in [-0.2, 0) is 6.42 Å². The van der Waals surface area contributed by atoms with Crippen molar-refractivity contribution in [2.45, 2.75) is 19.8 Å². The van der Waals surface area contributed by atoms with Gasteiger partial charge in [-0.05, 0) is 55.7 Å². The van der Waals surface area contributed by atoms with E-state index in [1.54, 1.807) is 7.11 Å². The second-order valence-electron chi connectivity index (χ2n) is 6.43. The number of hydrogen-bond acceptors (Lipinski definition) is 5. The highest BCUT2D eigenvalue weighted by Crippen LogP contribution is 2.33. The molecule has 0 bridgehead atoms. The van der Waals surface area contributed by atoms with Gasteiger partial charge in [0.25, 0.3) is 0 Å². The van der Waals surface area contributed by atoms with Crippen LogP contribution in [0.4, 0.5) is 23.1 Å². The van der Waals surface area contributed by atoms with E-state index in [1.165, 1.54) is 11.3 Å². The Hall–Kier alpha value is -3.08. The fourth-order valence-corrected chi connectivity index (χ4v) is 3.32. The zero-order chi connectivity index (χ0) is 17.9. The van der Waals surface area contributed by atoms with Crippen LogP contribution in [-0.4, -0.2) is 23.6 Å². The van der Waals surface area contributed by atoms with Gasteiger partial charge in [0.1, 0.15) is 11.6 Å². The largest absolute Gasteiger partial charge is 0.497 e. The Balaban J connectivity index is 1.64. The number of methoxy groups -OCH3 is 1. The van der Waals surface area contributed by atoms with Gasteiger partial charge in [-0.2, -0.15) is 4.98 Å². The summed E-state index contributed by atoms with van der Waals surface area (Å²) >= 11 is 0. The fraction of sp³-hybridized carbons (Fsp3) is 0.238. The summed E-state index contributed by atoms with van der Waals surface area (Å²) < 4.78 is 5.20. The second-order valence-corrected chi connectivity index (χ2v) is 6.43. The summed E-state index contributed by atoms with van der Waals surface area (Å²) in [7, 11) is 1.66. The van der Waals surface area contributed by atoms with Crippen molar-refractivity contribution < 1.29 is 4.74 Å². The van der Waals surface area contributed by atoms with Gasteiger partial charge in [-0.1, -0.05) is 18.2 Å². The molecule has 0 amide bonds. The van der Waals surface area contributed by atoms with Gasteiger partial charge in [-0.3, -0.25) is 0 Å². The van der Waals surface area contributed by atoms with Crippen LogP contribution in [0, 0.1) is 6.92 Å². The molecule has 26 heavy (non-hydrogen) atoms. The van der Waals surface area contributed by atoms with E-state index in [2.05, 4.69) is 39.5 Å². The third kappa shape index (κ3) is 3.33. The fourth-order valence-electron chi connectivity index (χ4n) is 3.32. The number of ether oxygens (including phenoxy) is 1. The molecule has 0 saturated heterocycles. The van der Waals surface area contributed by atoms with Crippen molar-refractivity contribution in [1.82, 2.24) is 9.97 Å². The van der Waals surface area contributed by atoms with Crippen LogP contribution in [0.15, 0.2) is 54.6 Å². The van der Waals surface area contributed by atoms with Gasteiger partial charge in [-0.25, -0.2) is 4.98 Å². The Morgan fingerprint density at radius 3 is 2.65 bits per heavy atom. The molecule has 0 saturated carbocycles. The molecule has 4 rings (SSSR count). The van der Waals surface area contributed by atoms with Crippen molar-refractivity contribution in [3.8, 4) is 5.75 Å². The Kier molecular flexibility index (Phi) is 4.44. The quantitative estimate of drug-likeness (QED) is 0.747. The molecular weight excluding hydrogens is 324 g/mol. The van der Waals surface area contributed by atoms with E-state index in [0.29, 0.717) is 5.95 Å². The van der Waals surface area contributed by atoms with Gasteiger partial charge in [-0.15, -0.1) is 0 Å². The summed E-state index contributed by atoms with van der Waals surface area (Å²) in [5.74, 6) is 2.36. The molecule has 2 heterocycles. The van der Waals surface area contributed by atoms with Crippen LogP contribution in [0.3, 0.4) is 0 Å². The zero-order valence-electron chi connectivity index (χ0n) is 15.1. The molecule has 3 aromatic rings. The number of aromatic nitrogens is 2. The number of fused-ring (bicyclic) bond motifs is 1. The molecule has 2 aromatic carbocycles. The first-order valence-electron chi connectivity index (χ1n) is 8.85. The standard InChI is InChI=1S/C21H22N4O/c1-15-14-20(25-13-5-7-16-6-3-4-8-19(16)25)24-21(22-15)23-17-9-11-18(26-2)12-10-17/h3-4,6,8-12,14H,5,7,13H2,1-2H3,(H,22,23,24). The third-order valence-electron chi connectivity index (χ3n) is 4.57. The van der Waals surface area contributed by atoms with Crippen LogP contribution >= 0.6 is 0 Å². The van der Waals surface area contributed by atoms with E-state index in [0.717, 1.165) is 42.3 Å². The van der Waals surface area contributed by atoms with E-state index >= 15 is 0 Å². The van der Waals surface area contributed by atoms with E-state index in [4.69, 9.17) is 9.72 Å². The zero-order valence-corrected chi connectivity index (χ0v) is 15.1. The van der Waals surface area contributed by atoms with Crippen LogP contribution in [0.5, 0.6) is 5.75 Å². The first kappa shape index (κ1) is 16.4. The first-order chi connectivity index (χ1) is 12.7. The minimum atomic E-state index is 0.605. The molecule has 0 unspecified atom stereocenters. The lowest BCUT2D eigenvalue weighted by molar-refractivity contribution is 0.415. The number of anilines is 4. The minimum absolute atomic E-state index is 0.605. The maximum atomic E-state index is 5.20. The average molecular weight is 346 g/mol. The van der Waals surface area contributed by atoms with Gasteiger partial charge in [0.15, 0.2) is 0 Å². The summed E-state index contributed by atoms with van der Waals surface area (Å²) in [6.07, 6.45) is 2.25. The molecule has 5 nitrogen and oxygen atoms in total. The second kappa shape index (κ2) is 7.04. The van der Waals surface area contributed by atoms with Gasteiger partial charge in [0, 0.05) is 29.7 Å². The molecule has 5 heteroatoms. The Morgan fingerprint density at radius 1 is 1.04 bits per heavy atom. The number of hydrogen-bond donors (Lipinski definition) is 1. The number of aryl methyl sites for hydroxylation is 2. The van der Waals surface area contributed by atoms with Crippen LogP contribution in [0.2, 0.25) is 0 Å². The third-order valence-corrected chi connectivity index (χ3v) is 4.57. The molecule has 0 radical (unpaired) electrons. The summed E-state index contributed by atoms with van der Waals surface area (Å²) in [4.78, 5) is 11.6. The highest BCUT2D eigenvalue weighted by atomic mass is 16.5. The van der Waals surface area contributed by atoms with E-state index < -0.39 is 0 Å². The van der Waals surface area contributed by atoms with Crippen molar-refractivity contribution >= 4 is 23.1 Å². The summed E-state index contributed by atoms with van der Waals surface area (Å²) in [5, 5.41) is 3.30. The van der Waals surface area contributed by atoms with Crippen molar-refractivity contribution in [2.24, 2.45) is 0 Å². The monoisotopic (exact) mass is 346 g/mol. The number of para-hydroxylation sites is 1. The topological polar surface area (TPSA) is 50.3 Å². The van der Waals surface area contributed by atoms with Gasteiger partial charge < -0.3 is 15.0 Å². The number of nitrogens with zero attached hydrogens (tertiary/aromatic N) is 3. The summed E-state index contributed by atoms with van der Waals surface area (Å²) in [6.45, 7) is 2.97. The molecule has 0 aliphatic carbocycles. The Labute approximate surface area is 153 Å². The van der Waals surface area contributed by atoms with Crippen molar-refractivity contribution in [3.05, 3.63) is 65.9 Å². The van der Waals surface area contributed by atoms with Gasteiger partial charge >= 0.3 is 0 Å². The highest BCUT2D eigenvalue weighted by molar-refractivity contribution is 5.67. The number of nitrogens with one attached hydrogen (secondary N) is 1. The Morgan fingerprint density at radius 2 is 1.85 bits per heavy atom. The molecule has 0 atom stereocenters. The van der Waals surface area contributed by atoms with Gasteiger partial charge in [0.2, 0.25) is 5.95 Å². The SMILES string of the molecule is COc1ccc(Nc2nc(C)cc(N3CCCc4ccccc43)n2)cc1. The maximum Gasteiger partial charge on any atom is 0.229 e. The van der Waals surface area contributed by atoms with Crippen LogP contribution < -0.4 is 15.0 Å². The molecule has 1 aliphatic heterocycles. The lowest BCUT2D eigenvalue weighted by atomic mass is 10.0. The predicted octanol–water partition coefficient (Wildman–Crippen LogP) is 4.62. The van der Waals surface area contributed by atoms with Gasteiger partial charge in [0.05, 0.1) is 7.11 Å². The van der Waals surface area contributed by atoms with Crippen molar-refractivity contribution in [3.63, 3.8) is 0 Å². The van der Waals surface area contributed by atoms with Crippen LogP contribution in [0.25, 0.3) is 0 Å². The lowest BCUT2D eigenvalue weighted by Gasteiger charge is -2.30. The molecule has 1 aromatic heterocycles. The molecule has 1 aliphatic rings. The maximum absolute atomic E-state index is 5.20. The summed E-state index contributed by atoms with van der Waals surface area (Å²) in [5.41, 5.74) is 4.49. The molecule has 1 N–H and O–H groups in total. The highest BCUT2D eigenvalue weighted by Gasteiger charge is 2.19. The smallest absolute Gasteiger partial charge is 0.229 e. The molecule has 132 valence electrons. The number of benzene rings is 2. The first-order valence-corrected chi connectivity index (χ1v) is 8.85. The molecule has 0 spiro atoms. The normalized spacial score (nSPS) is 13.2. The minimum Gasteiger partial charge on any atom is -0.497 e. The summed E-state index contributed by atoms with van der Waals surface area (Å²) in [6, 6.07) is 18.3. The molecular formula is C21H22N4O. The average Bonchev–Trinajstić information content (AvgIpc) is 2.67. The van der Waals surface area contributed by atoms with Crippen molar-refractivity contribution in [1.29, 1.82) is 0 Å². The predicted molar refractivity (Wildman–Crippen MR) is 105 cm³/mol. The van der Waals surface area contributed by atoms with E-state index in [9.17, 15) is 0 Å². The van der Waals surface area contributed by atoms with Crippen molar-refractivity contribution in [2.75, 3.05) is 23.9 Å². The van der Waals surface area contributed by atoms with E-state index in [1.807, 2.05) is 37.3 Å². The van der Waals surface area contributed by atoms with E-state index in [-0.39, 0.29) is 0 Å². The number of rotatable bonds is 4. The Bertz CT molecular complexity index is 908. The van der Waals surface area contributed by atoms with Crippen LogP contribution in [0.1, 0.15) is 17.7 Å². The lowest BCUT2D eigenvalue weighted by Crippen LogP contribution is -2.25.